The summed E-state index contributed by atoms with van der Waals surface area (Å²) in [6.45, 7) is 2.07. The molecule has 0 spiro atoms. The molecule has 5 heteroatoms. The van der Waals surface area contributed by atoms with Crippen LogP contribution < -0.4 is 11.1 Å². The van der Waals surface area contributed by atoms with E-state index in [0.717, 1.165) is 29.1 Å². The minimum absolute atomic E-state index is 0.168. The van der Waals surface area contributed by atoms with Crippen LogP contribution in [0.4, 0.5) is 11.5 Å². The number of aromatic nitrogens is 1. The maximum atomic E-state index is 12.3. The first-order valence-electron chi connectivity index (χ1n) is 6.84. The Hall–Kier alpha value is -2.01. The SMILES string of the molecule is CCCc1cc(C(=O)Nc2ccc(SC)cc2)cc(N)n1. The van der Waals surface area contributed by atoms with Gasteiger partial charge in [0.1, 0.15) is 5.82 Å². The fraction of sp³-hybridized carbons (Fsp3) is 0.250. The number of nitrogens with zero attached hydrogens (tertiary/aromatic N) is 1. The lowest BCUT2D eigenvalue weighted by Gasteiger charge is -2.08. The predicted octanol–water partition coefficient (Wildman–Crippen LogP) is 3.59. The summed E-state index contributed by atoms with van der Waals surface area (Å²) in [6, 6.07) is 11.1. The van der Waals surface area contributed by atoms with E-state index >= 15 is 0 Å². The van der Waals surface area contributed by atoms with Crippen molar-refractivity contribution < 1.29 is 4.79 Å². The van der Waals surface area contributed by atoms with Crippen LogP contribution in [-0.2, 0) is 6.42 Å². The molecule has 0 unspecified atom stereocenters. The van der Waals surface area contributed by atoms with Gasteiger partial charge in [-0.2, -0.15) is 0 Å². The highest BCUT2D eigenvalue weighted by molar-refractivity contribution is 7.98. The summed E-state index contributed by atoms with van der Waals surface area (Å²) in [5.74, 6) is 0.210. The predicted molar refractivity (Wildman–Crippen MR) is 88.8 cm³/mol. The molecule has 2 aromatic rings. The summed E-state index contributed by atoms with van der Waals surface area (Å²) in [5.41, 5.74) is 7.92. The van der Waals surface area contributed by atoms with Gasteiger partial charge in [-0.1, -0.05) is 13.3 Å². The Morgan fingerprint density at radius 1 is 1.29 bits per heavy atom. The molecule has 0 aliphatic heterocycles. The van der Waals surface area contributed by atoms with Crippen LogP contribution in [-0.4, -0.2) is 17.1 Å². The Bertz CT molecular complexity index is 626. The van der Waals surface area contributed by atoms with Crippen molar-refractivity contribution in [1.29, 1.82) is 0 Å². The lowest BCUT2D eigenvalue weighted by molar-refractivity contribution is 0.102. The molecule has 1 aromatic heterocycles. The average molecular weight is 301 g/mol. The zero-order valence-electron chi connectivity index (χ0n) is 12.2. The molecular formula is C16H19N3OS. The maximum Gasteiger partial charge on any atom is 0.255 e. The molecule has 0 fully saturated rings. The molecule has 1 aromatic carbocycles. The number of hydrogen-bond acceptors (Lipinski definition) is 4. The van der Waals surface area contributed by atoms with E-state index in [1.807, 2.05) is 30.5 Å². The van der Waals surface area contributed by atoms with Crippen molar-refractivity contribution in [2.24, 2.45) is 0 Å². The van der Waals surface area contributed by atoms with E-state index in [1.54, 1.807) is 23.9 Å². The van der Waals surface area contributed by atoms with Gasteiger partial charge in [-0.3, -0.25) is 4.79 Å². The summed E-state index contributed by atoms with van der Waals surface area (Å²) in [7, 11) is 0. The fourth-order valence-electron chi connectivity index (χ4n) is 2.00. The van der Waals surface area contributed by atoms with Gasteiger partial charge in [0, 0.05) is 21.8 Å². The topological polar surface area (TPSA) is 68.0 Å². The van der Waals surface area contributed by atoms with Gasteiger partial charge in [-0.15, -0.1) is 11.8 Å². The number of thioether (sulfide) groups is 1. The van der Waals surface area contributed by atoms with Crippen molar-refractivity contribution in [2.75, 3.05) is 17.3 Å². The number of aryl methyl sites for hydroxylation is 1. The quantitative estimate of drug-likeness (QED) is 0.828. The van der Waals surface area contributed by atoms with Gasteiger partial charge in [0.2, 0.25) is 0 Å². The Morgan fingerprint density at radius 2 is 2.00 bits per heavy atom. The highest BCUT2D eigenvalue weighted by Crippen LogP contribution is 2.18. The zero-order chi connectivity index (χ0) is 15.2. The number of pyridine rings is 1. The van der Waals surface area contributed by atoms with Crippen LogP contribution in [0.15, 0.2) is 41.3 Å². The number of rotatable bonds is 5. The molecule has 0 aliphatic rings. The summed E-state index contributed by atoms with van der Waals surface area (Å²) >= 11 is 1.66. The molecule has 0 aliphatic carbocycles. The second kappa shape index (κ2) is 7.13. The third-order valence-corrected chi connectivity index (χ3v) is 3.76. The van der Waals surface area contributed by atoms with Crippen molar-refractivity contribution in [2.45, 2.75) is 24.7 Å². The molecule has 2 rings (SSSR count). The molecular weight excluding hydrogens is 282 g/mol. The van der Waals surface area contributed by atoms with Crippen LogP contribution in [0.1, 0.15) is 29.4 Å². The van der Waals surface area contributed by atoms with Crippen molar-refractivity contribution >= 4 is 29.2 Å². The van der Waals surface area contributed by atoms with Crippen LogP contribution in [0.25, 0.3) is 0 Å². The normalized spacial score (nSPS) is 10.4. The molecule has 0 saturated carbocycles. The van der Waals surface area contributed by atoms with E-state index in [-0.39, 0.29) is 5.91 Å². The Labute approximate surface area is 129 Å². The second-order valence-electron chi connectivity index (χ2n) is 4.70. The number of nitrogen functional groups attached to an aromatic ring is 1. The number of nitrogens with two attached hydrogens (primary N) is 1. The highest BCUT2D eigenvalue weighted by atomic mass is 32.2. The molecule has 0 radical (unpaired) electrons. The molecule has 4 nitrogen and oxygen atoms in total. The van der Waals surface area contributed by atoms with Crippen molar-refractivity contribution in [3.63, 3.8) is 0 Å². The van der Waals surface area contributed by atoms with E-state index in [9.17, 15) is 4.79 Å². The van der Waals surface area contributed by atoms with Gasteiger partial charge in [-0.05, 0) is 49.1 Å². The van der Waals surface area contributed by atoms with Gasteiger partial charge in [0.25, 0.3) is 5.91 Å². The number of hydrogen-bond donors (Lipinski definition) is 2. The molecule has 0 bridgehead atoms. The molecule has 3 N–H and O–H groups in total. The number of amides is 1. The lowest BCUT2D eigenvalue weighted by atomic mass is 10.1. The maximum absolute atomic E-state index is 12.3. The number of anilines is 2. The monoisotopic (exact) mass is 301 g/mol. The lowest BCUT2D eigenvalue weighted by Crippen LogP contribution is -2.13. The molecule has 110 valence electrons. The number of carbonyl (C=O) groups is 1. The Kier molecular flexibility index (Phi) is 5.22. The van der Waals surface area contributed by atoms with Crippen molar-refractivity contribution in [1.82, 2.24) is 4.98 Å². The summed E-state index contributed by atoms with van der Waals surface area (Å²) in [5, 5.41) is 2.87. The van der Waals surface area contributed by atoms with Gasteiger partial charge in [-0.25, -0.2) is 4.98 Å². The van der Waals surface area contributed by atoms with E-state index in [1.165, 1.54) is 0 Å². The van der Waals surface area contributed by atoms with Crippen LogP contribution in [0.3, 0.4) is 0 Å². The first kappa shape index (κ1) is 15.4. The minimum atomic E-state index is -0.168. The van der Waals surface area contributed by atoms with Crippen LogP contribution in [0, 0.1) is 0 Å². The van der Waals surface area contributed by atoms with E-state index in [4.69, 9.17) is 5.73 Å². The van der Waals surface area contributed by atoms with Gasteiger partial charge in [0.15, 0.2) is 0 Å². The summed E-state index contributed by atoms with van der Waals surface area (Å²) in [6.07, 6.45) is 3.80. The first-order valence-corrected chi connectivity index (χ1v) is 8.06. The van der Waals surface area contributed by atoms with Crippen LogP contribution in [0.2, 0.25) is 0 Å². The number of nitrogens with one attached hydrogen (secondary N) is 1. The largest absolute Gasteiger partial charge is 0.384 e. The zero-order valence-corrected chi connectivity index (χ0v) is 13.0. The van der Waals surface area contributed by atoms with Crippen molar-refractivity contribution in [3.05, 3.63) is 47.7 Å². The number of carbonyl (C=O) groups excluding carboxylic acids is 1. The van der Waals surface area contributed by atoms with E-state index < -0.39 is 0 Å². The molecule has 1 amide bonds. The third kappa shape index (κ3) is 4.23. The van der Waals surface area contributed by atoms with Gasteiger partial charge >= 0.3 is 0 Å². The summed E-state index contributed by atoms with van der Waals surface area (Å²) in [4.78, 5) is 17.7. The molecule has 1 heterocycles. The molecule has 21 heavy (non-hydrogen) atoms. The first-order chi connectivity index (χ1) is 10.1. The van der Waals surface area contributed by atoms with Gasteiger partial charge < -0.3 is 11.1 Å². The summed E-state index contributed by atoms with van der Waals surface area (Å²) < 4.78 is 0. The Balaban J connectivity index is 2.15. The van der Waals surface area contributed by atoms with E-state index in [0.29, 0.717) is 11.4 Å². The molecule has 0 saturated heterocycles. The van der Waals surface area contributed by atoms with E-state index in [2.05, 4.69) is 17.2 Å². The van der Waals surface area contributed by atoms with Crippen molar-refractivity contribution in [3.8, 4) is 0 Å². The molecule has 0 atom stereocenters. The van der Waals surface area contributed by atoms with Gasteiger partial charge in [0.05, 0.1) is 0 Å². The minimum Gasteiger partial charge on any atom is -0.384 e. The standard InChI is InChI=1S/C16H19N3OS/c1-3-4-13-9-11(10-15(17)18-13)16(20)19-12-5-7-14(21-2)8-6-12/h5-10H,3-4H2,1-2H3,(H2,17,18)(H,19,20). The number of benzene rings is 1. The second-order valence-corrected chi connectivity index (χ2v) is 5.58. The van der Waals surface area contributed by atoms with Crippen LogP contribution in [0.5, 0.6) is 0 Å². The highest BCUT2D eigenvalue weighted by Gasteiger charge is 2.09. The smallest absolute Gasteiger partial charge is 0.255 e. The Morgan fingerprint density at radius 3 is 2.62 bits per heavy atom. The fourth-order valence-corrected chi connectivity index (χ4v) is 2.41. The third-order valence-electron chi connectivity index (χ3n) is 3.01. The van der Waals surface area contributed by atoms with Crippen LogP contribution >= 0.6 is 11.8 Å². The average Bonchev–Trinajstić information content (AvgIpc) is 2.48.